The highest BCUT2D eigenvalue weighted by Gasteiger charge is 2.29. The lowest BCUT2D eigenvalue weighted by Gasteiger charge is -2.22. The van der Waals surface area contributed by atoms with Gasteiger partial charge in [-0.25, -0.2) is 9.78 Å². The van der Waals surface area contributed by atoms with Gasteiger partial charge in [-0.15, -0.1) is 0 Å². The van der Waals surface area contributed by atoms with Gasteiger partial charge in [-0.3, -0.25) is 0 Å². The van der Waals surface area contributed by atoms with Gasteiger partial charge in [0.25, 0.3) is 0 Å². The second kappa shape index (κ2) is 10.3. The van der Waals surface area contributed by atoms with Crippen LogP contribution in [-0.4, -0.2) is 30.3 Å². The third-order valence-corrected chi connectivity index (χ3v) is 4.61. The van der Waals surface area contributed by atoms with Crippen molar-refractivity contribution in [1.82, 2.24) is 4.98 Å². The second-order valence-electron chi connectivity index (χ2n) is 7.26. The Morgan fingerprint density at radius 3 is 2.44 bits per heavy atom. The zero-order valence-corrected chi connectivity index (χ0v) is 16.9. The van der Waals surface area contributed by atoms with E-state index >= 15 is 0 Å². The van der Waals surface area contributed by atoms with Crippen LogP contribution in [-0.2, 0) is 20.7 Å². The molecule has 0 saturated heterocycles. The molecule has 5 heteroatoms. The Labute approximate surface area is 162 Å². The van der Waals surface area contributed by atoms with E-state index in [0.717, 1.165) is 55.5 Å². The monoisotopic (exact) mass is 373 g/mol. The van der Waals surface area contributed by atoms with Gasteiger partial charge in [0.15, 0.2) is 5.60 Å². The molecule has 0 N–H and O–H groups in total. The number of rotatable bonds is 11. The first-order valence-electron chi connectivity index (χ1n) is 9.68. The van der Waals surface area contributed by atoms with Crippen LogP contribution < -0.4 is 0 Å². The number of aromatic nitrogens is 1. The fraction of sp³-hybridized carbons (Fsp3) is 0.545. The van der Waals surface area contributed by atoms with E-state index < -0.39 is 5.60 Å². The standard InChI is InChI=1S/C22H31NO4/c1-17-19(23-20(27-17)18-13-9-8-10-14-18)15-11-6-5-7-12-16-26-22(2,3)21(24)25-4/h8-10,13-14H,5-7,11-12,15-16H2,1-4H3. The van der Waals surface area contributed by atoms with E-state index in [1.165, 1.54) is 7.11 Å². The Kier molecular flexibility index (Phi) is 8.04. The minimum Gasteiger partial charge on any atom is -0.467 e. The molecule has 0 amide bonds. The zero-order chi connectivity index (χ0) is 19.7. The molecule has 0 aliphatic carbocycles. The molecule has 5 nitrogen and oxygen atoms in total. The molecule has 1 aromatic carbocycles. The number of aryl methyl sites for hydroxylation is 2. The molecule has 2 rings (SSSR count). The Morgan fingerprint density at radius 1 is 1.07 bits per heavy atom. The Bertz CT molecular complexity index is 706. The van der Waals surface area contributed by atoms with E-state index in [1.807, 2.05) is 37.3 Å². The average molecular weight is 373 g/mol. The van der Waals surface area contributed by atoms with Crippen LogP contribution in [0.5, 0.6) is 0 Å². The second-order valence-corrected chi connectivity index (χ2v) is 7.26. The van der Waals surface area contributed by atoms with Crippen molar-refractivity contribution in [2.75, 3.05) is 13.7 Å². The first-order valence-corrected chi connectivity index (χ1v) is 9.68. The number of nitrogens with zero attached hydrogens (tertiary/aromatic N) is 1. The molecular formula is C22H31NO4. The van der Waals surface area contributed by atoms with Gasteiger partial charge in [0.1, 0.15) is 5.76 Å². The normalized spacial score (nSPS) is 11.6. The number of oxazole rings is 1. The quantitative estimate of drug-likeness (QED) is 0.404. The topological polar surface area (TPSA) is 61.6 Å². The number of unbranched alkanes of at least 4 members (excludes halogenated alkanes) is 4. The van der Waals surface area contributed by atoms with Crippen molar-refractivity contribution in [3.8, 4) is 11.5 Å². The Morgan fingerprint density at radius 2 is 1.74 bits per heavy atom. The number of hydrogen-bond donors (Lipinski definition) is 0. The summed E-state index contributed by atoms with van der Waals surface area (Å²) in [6, 6.07) is 9.99. The number of carbonyl (C=O) groups is 1. The molecule has 0 aliphatic rings. The van der Waals surface area contributed by atoms with Crippen molar-refractivity contribution >= 4 is 5.97 Å². The SMILES string of the molecule is COC(=O)C(C)(C)OCCCCCCCc1nc(-c2ccccc2)oc1C. The summed E-state index contributed by atoms with van der Waals surface area (Å²) in [5, 5.41) is 0. The van der Waals surface area contributed by atoms with Crippen LogP contribution in [0.3, 0.4) is 0 Å². The van der Waals surface area contributed by atoms with E-state index in [-0.39, 0.29) is 5.97 Å². The summed E-state index contributed by atoms with van der Waals surface area (Å²) in [6.45, 7) is 6.03. The molecule has 1 heterocycles. The maximum Gasteiger partial charge on any atom is 0.337 e. The molecule has 1 aromatic heterocycles. The fourth-order valence-corrected chi connectivity index (χ4v) is 2.92. The van der Waals surface area contributed by atoms with Crippen molar-refractivity contribution in [2.24, 2.45) is 0 Å². The summed E-state index contributed by atoms with van der Waals surface area (Å²) in [6.07, 6.45) is 6.36. The molecular weight excluding hydrogens is 342 g/mol. The molecule has 0 radical (unpaired) electrons. The number of ether oxygens (including phenoxy) is 2. The van der Waals surface area contributed by atoms with Gasteiger partial charge in [-0.2, -0.15) is 0 Å². The molecule has 0 aliphatic heterocycles. The summed E-state index contributed by atoms with van der Waals surface area (Å²) < 4.78 is 16.2. The average Bonchev–Trinajstić information content (AvgIpc) is 3.04. The lowest BCUT2D eigenvalue weighted by Crippen LogP contribution is -2.36. The van der Waals surface area contributed by atoms with Crippen LogP contribution in [0.2, 0.25) is 0 Å². The maximum absolute atomic E-state index is 11.5. The van der Waals surface area contributed by atoms with Crippen LogP contribution in [0.25, 0.3) is 11.5 Å². The van der Waals surface area contributed by atoms with E-state index in [2.05, 4.69) is 4.98 Å². The summed E-state index contributed by atoms with van der Waals surface area (Å²) in [5.74, 6) is 1.28. The molecule has 0 fully saturated rings. The third-order valence-electron chi connectivity index (χ3n) is 4.61. The molecule has 0 spiro atoms. The molecule has 0 atom stereocenters. The van der Waals surface area contributed by atoms with Crippen molar-refractivity contribution in [1.29, 1.82) is 0 Å². The highest BCUT2D eigenvalue weighted by atomic mass is 16.6. The van der Waals surface area contributed by atoms with E-state index in [9.17, 15) is 4.79 Å². The summed E-state index contributed by atoms with van der Waals surface area (Å²) in [7, 11) is 1.38. The minimum absolute atomic E-state index is 0.333. The van der Waals surface area contributed by atoms with Crippen molar-refractivity contribution in [3.05, 3.63) is 41.8 Å². The maximum atomic E-state index is 11.5. The molecule has 0 bridgehead atoms. The predicted molar refractivity (Wildman–Crippen MR) is 106 cm³/mol. The summed E-state index contributed by atoms with van der Waals surface area (Å²) in [5.41, 5.74) is 1.20. The van der Waals surface area contributed by atoms with E-state index in [1.54, 1.807) is 13.8 Å². The zero-order valence-electron chi connectivity index (χ0n) is 16.9. The highest BCUT2D eigenvalue weighted by Crippen LogP contribution is 2.22. The summed E-state index contributed by atoms with van der Waals surface area (Å²) in [4.78, 5) is 16.2. The molecule has 2 aromatic rings. The Hall–Kier alpha value is -2.14. The lowest BCUT2D eigenvalue weighted by atomic mass is 10.1. The van der Waals surface area contributed by atoms with Crippen LogP contribution in [0.4, 0.5) is 0 Å². The van der Waals surface area contributed by atoms with Gasteiger partial charge in [-0.05, 0) is 52.2 Å². The third kappa shape index (κ3) is 6.51. The number of benzene rings is 1. The minimum atomic E-state index is -0.865. The number of methoxy groups -OCH3 is 1. The first-order chi connectivity index (χ1) is 12.9. The smallest absolute Gasteiger partial charge is 0.337 e. The number of esters is 1. The van der Waals surface area contributed by atoms with E-state index in [0.29, 0.717) is 12.5 Å². The van der Waals surface area contributed by atoms with Crippen LogP contribution in [0.1, 0.15) is 57.4 Å². The van der Waals surface area contributed by atoms with Crippen LogP contribution in [0.15, 0.2) is 34.7 Å². The van der Waals surface area contributed by atoms with Crippen molar-refractivity contribution < 1.29 is 18.7 Å². The van der Waals surface area contributed by atoms with Crippen molar-refractivity contribution in [2.45, 2.75) is 64.9 Å². The number of carbonyl (C=O) groups excluding carboxylic acids is 1. The lowest BCUT2D eigenvalue weighted by molar-refractivity contribution is -0.165. The number of hydrogen-bond acceptors (Lipinski definition) is 5. The van der Waals surface area contributed by atoms with Crippen molar-refractivity contribution in [3.63, 3.8) is 0 Å². The molecule has 148 valence electrons. The molecule has 27 heavy (non-hydrogen) atoms. The van der Waals surface area contributed by atoms with Gasteiger partial charge < -0.3 is 13.9 Å². The highest BCUT2D eigenvalue weighted by molar-refractivity contribution is 5.78. The fourth-order valence-electron chi connectivity index (χ4n) is 2.92. The van der Waals surface area contributed by atoms with Gasteiger partial charge in [0.05, 0.1) is 12.8 Å². The van der Waals surface area contributed by atoms with Gasteiger partial charge >= 0.3 is 5.97 Å². The van der Waals surface area contributed by atoms with Gasteiger partial charge in [0, 0.05) is 12.2 Å². The summed E-state index contributed by atoms with van der Waals surface area (Å²) >= 11 is 0. The van der Waals surface area contributed by atoms with Crippen LogP contribution in [0, 0.1) is 6.92 Å². The Balaban J connectivity index is 1.62. The van der Waals surface area contributed by atoms with Gasteiger partial charge in [0.2, 0.25) is 5.89 Å². The first kappa shape index (κ1) is 21.2. The largest absolute Gasteiger partial charge is 0.467 e. The van der Waals surface area contributed by atoms with Gasteiger partial charge in [-0.1, -0.05) is 37.5 Å². The predicted octanol–water partition coefficient (Wildman–Crippen LogP) is 5.11. The van der Waals surface area contributed by atoms with E-state index in [4.69, 9.17) is 13.9 Å². The van der Waals surface area contributed by atoms with Crippen LogP contribution >= 0.6 is 0 Å². The molecule has 0 unspecified atom stereocenters. The molecule has 0 saturated carbocycles.